The monoisotopic (exact) mass is 261 g/mol. The second kappa shape index (κ2) is 5.17. The Morgan fingerprint density at radius 1 is 1.00 bits per heavy atom. The summed E-state index contributed by atoms with van der Waals surface area (Å²) in [4.78, 5) is 11.4. The number of hydrogen-bond donors (Lipinski definition) is 0. The van der Waals surface area contributed by atoms with Crippen molar-refractivity contribution in [2.75, 3.05) is 0 Å². The van der Waals surface area contributed by atoms with Gasteiger partial charge in [-0.25, -0.2) is 0 Å². The second-order valence-electron chi connectivity index (χ2n) is 4.71. The molecule has 0 unspecified atom stereocenters. The molecule has 0 aliphatic carbocycles. The van der Waals surface area contributed by atoms with Gasteiger partial charge in [0.25, 0.3) is 0 Å². The average Bonchev–Trinajstić information content (AvgIpc) is 2.88. The first-order chi connectivity index (χ1) is 9.85. The number of carbonyl (C=O) groups excluding carboxylic acids is 1. The van der Waals surface area contributed by atoms with E-state index in [-0.39, 0.29) is 6.04 Å². The molecule has 0 saturated heterocycles. The summed E-state index contributed by atoms with van der Waals surface area (Å²) in [7, 11) is 0. The molecule has 2 nitrogen and oxygen atoms in total. The molecule has 98 valence electrons. The molecule has 0 fully saturated rings. The molecule has 0 aliphatic rings. The summed E-state index contributed by atoms with van der Waals surface area (Å²) in [5.41, 5.74) is 2.83. The smallest absolute Gasteiger partial charge is 0.166 e. The van der Waals surface area contributed by atoms with E-state index in [0.717, 1.165) is 22.8 Å². The van der Waals surface area contributed by atoms with Gasteiger partial charge in [0.2, 0.25) is 0 Å². The molecule has 0 bridgehead atoms. The number of fused-ring (bicyclic) bond motifs is 1. The molecule has 1 heterocycles. The highest BCUT2D eigenvalue weighted by atomic mass is 16.1. The van der Waals surface area contributed by atoms with Crippen molar-refractivity contribution in [3.63, 3.8) is 0 Å². The number of benzene rings is 2. The van der Waals surface area contributed by atoms with Crippen molar-refractivity contribution in [2.45, 2.75) is 6.04 Å². The Labute approximate surface area is 118 Å². The van der Waals surface area contributed by atoms with Crippen LogP contribution in [-0.4, -0.2) is 10.9 Å². The first-order valence-corrected chi connectivity index (χ1v) is 6.58. The van der Waals surface area contributed by atoms with Crippen molar-refractivity contribution in [2.24, 2.45) is 0 Å². The third-order valence-electron chi connectivity index (χ3n) is 3.54. The van der Waals surface area contributed by atoms with Crippen molar-refractivity contribution in [3.8, 4) is 0 Å². The number of para-hydroxylation sites is 1. The predicted octanol–water partition coefficient (Wildman–Crippen LogP) is 4.23. The van der Waals surface area contributed by atoms with Crippen LogP contribution in [0.3, 0.4) is 0 Å². The van der Waals surface area contributed by atoms with Gasteiger partial charge in [-0.3, -0.25) is 4.79 Å². The minimum Gasteiger partial charge on any atom is -0.327 e. The van der Waals surface area contributed by atoms with Crippen LogP contribution in [0.2, 0.25) is 0 Å². The van der Waals surface area contributed by atoms with Crippen LogP contribution in [0.1, 0.15) is 22.1 Å². The normalized spacial score (nSPS) is 12.2. The van der Waals surface area contributed by atoms with E-state index in [2.05, 4.69) is 18.7 Å². The van der Waals surface area contributed by atoms with Crippen LogP contribution < -0.4 is 0 Å². The Bertz CT molecular complexity index is 755. The summed E-state index contributed by atoms with van der Waals surface area (Å²) < 4.78 is 2.03. The molecule has 3 aromatic rings. The Balaban J connectivity index is 2.26. The van der Waals surface area contributed by atoms with Crippen LogP contribution >= 0.6 is 0 Å². The van der Waals surface area contributed by atoms with Crippen molar-refractivity contribution in [1.29, 1.82) is 0 Å². The van der Waals surface area contributed by atoms with Crippen molar-refractivity contribution >= 4 is 17.2 Å². The highest BCUT2D eigenvalue weighted by Crippen LogP contribution is 2.28. The molecule has 3 rings (SSSR count). The molecule has 2 aromatic carbocycles. The quantitative estimate of drug-likeness (QED) is 0.509. The number of rotatable bonds is 4. The Morgan fingerprint density at radius 3 is 2.40 bits per heavy atom. The summed E-state index contributed by atoms with van der Waals surface area (Å²) in [6.07, 6.45) is 2.77. The zero-order valence-corrected chi connectivity index (χ0v) is 11.1. The van der Waals surface area contributed by atoms with Gasteiger partial charge in [-0.05, 0) is 17.7 Å². The predicted molar refractivity (Wildman–Crippen MR) is 82.1 cm³/mol. The lowest BCUT2D eigenvalue weighted by Crippen LogP contribution is -2.10. The lowest BCUT2D eigenvalue weighted by atomic mass is 10.1. The van der Waals surface area contributed by atoms with Crippen LogP contribution in [0.15, 0.2) is 73.3 Å². The first-order valence-electron chi connectivity index (χ1n) is 6.58. The van der Waals surface area contributed by atoms with Crippen LogP contribution in [0, 0.1) is 0 Å². The fourth-order valence-electron chi connectivity index (χ4n) is 2.64. The van der Waals surface area contributed by atoms with Gasteiger partial charge in [0, 0.05) is 10.9 Å². The third kappa shape index (κ3) is 1.95. The van der Waals surface area contributed by atoms with Gasteiger partial charge in [0.1, 0.15) is 0 Å². The fraction of sp³-hybridized carbons (Fsp3) is 0.0556. The maximum absolute atomic E-state index is 11.4. The summed E-state index contributed by atoms with van der Waals surface area (Å²) >= 11 is 0. The lowest BCUT2D eigenvalue weighted by Gasteiger charge is -2.18. The summed E-state index contributed by atoms with van der Waals surface area (Å²) in [6.45, 7) is 3.94. The molecule has 0 spiro atoms. The highest BCUT2D eigenvalue weighted by molar-refractivity contribution is 5.89. The van der Waals surface area contributed by atoms with E-state index in [0.29, 0.717) is 5.69 Å². The summed E-state index contributed by atoms with van der Waals surface area (Å²) in [5, 5.41) is 1.07. The number of allylic oxidation sites excluding steroid dienone is 1. The molecular formula is C18H15NO. The minimum absolute atomic E-state index is 0.0451. The summed E-state index contributed by atoms with van der Waals surface area (Å²) in [6, 6.07) is 20.0. The number of carbonyl (C=O) groups is 1. The number of aromatic nitrogens is 1. The van der Waals surface area contributed by atoms with Gasteiger partial charge >= 0.3 is 0 Å². The maximum Gasteiger partial charge on any atom is 0.166 e. The van der Waals surface area contributed by atoms with Crippen LogP contribution in [-0.2, 0) is 0 Å². The van der Waals surface area contributed by atoms with Crippen LogP contribution in [0.5, 0.6) is 0 Å². The van der Waals surface area contributed by atoms with E-state index in [4.69, 9.17) is 0 Å². The molecule has 0 saturated carbocycles. The number of aldehydes is 1. The third-order valence-corrected chi connectivity index (χ3v) is 3.54. The first kappa shape index (κ1) is 12.4. The maximum atomic E-state index is 11.4. The Hall–Kier alpha value is -2.61. The van der Waals surface area contributed by atoms with E-state index in [1.165, 1.54) is 0 Å². The molecule has 0 N–H and O–H groups in total. The largest absolute Gasteiger partial charge is 0.327 e. The fourth-order valence-corrected chi connectivity index (χ4v) is 2.64. The van der Waals surface area contributed by atoms with Crippen molar-refractivity contribution in [1.82, 2.24) is 4.57 Å². The molecule has 20 heavy (non-hydrogen) atoms. The zero-order chi connectivity index (χ0) is 13.9. The van der Waals surface area contributed by atoms with Gasteiger partial charge < -0.3 is 4.57 Å². The molecule has 2 heteroatoms. The number of nitrogens with zero attached hydrogens (tertiary/aromatic N) is 1. The minimum atomic E-state index is -0.0451. The van der Waals surface area contributed by atoms with E-state index in [1.54, 1.807) is 0 Å². The number of hydrogen-bond acceptors (Lipinski definition) is 1. The van der Waals surface area contributed by atoms with E-state index in [1.807, 2.05) is 59.2 Å². The zero-order valence-electron chi connectivity index (χ0n) is 11.1. The molecule has 1 aromatic heterocycles. The van der Waals surface area contributed by atoms with Gasteiger partial charge in [-0.15, -0.1) is 6.58 Å². The lowest BCUT2D eigenvalue weighted by molar-refractivity contribution is 0.111. The van der Waals surface area contributed by atoms with Gasteiger partial charge in [0.15, 0.2) is 6.29 Å². The molecule has 0 aliphatic heterocycles. The van der Waals surface area contributed by atoms with Crippen molar-refractivity contribution in [3.05, 3.63) is 84.6 Å². The highest BCUT2D eigenvalue weighted by Gasteiger charge is 2.16. The standard InChI is InChI=1S/C18H15NO/c1-2-17(14-8-4-3-5-9-14)19-16(13-20)12-15-10-6-7-11-18(15)19/h2-13,17H,1H2/t17-/m1/s1. The summed E-state index contributed by atoms with van der Waals surface area (Å²) in [5.74, 6) is 0. The van der Waals surface area contributed by atoms with E-state index < -0.39 is 0 Å². The topological polar surface area (TPSA) is 22.0 Å². The molecule has 1 atom stereocenters. The van der Waals surface area contributed by atoms with Gasteiger partial charge in [-0.1, -0.05) is 54.6 Å². The molecule has 0 radical (unpaired) electrons. The SMILES string of the molecule is C=C[C@H](c1ccccc1)n1c(C=O)cc2ccccc21. The van der Waals surface area contributed by atoms with Crippen molar-refractivity contribution < 1.29 is 4.79 Å². The van der Waals surface area contributed by atoms with E-state index >= 15 is 0 Å². The van der Waals surface area contributed by atoms with Gasteiger partial charge in [0.05, 0.1) is 11.7 Å². The molecule has 0 amide bonds. The van der Waals surface area contributed by atoms with Crippen LogP contribution in [0.4, 0.5) is 0 Å². The molecular weight excluding hydrogens is 246 g/mol. The average molecular weight is 261 g/mol. The van der Waals surface area contributed by atoms with Crippen LogP contribution in [0.25, 0.3) is 10.9 Å². The van der Waals surface area contributed by atoms with E-state index in [9.17, 15) is 4.79 Å². The van der Waals surface area contributed by atoms with Gasteiger partial charge in [-0.2, -0.15) is 0 Å². The Kier molecular flexibility index (Phi) is 3.21. The second-order valence-corrected chi connectivity index (χ2v) is 4.71. The Morgan fingerprint density at radius 2 is 1.70 bits per heavy atom.